The maximum absolute atomic E-state index is 12.1. The van der Waals surface area contributed by atoms with Gasteiger partial charge in [0.2, 0.25) is 5.91 Å². The number of rotatable bonds is 8. The number of alkyl halides is 2. The van der Waals surface area contributed by atoms with Crippen LogP contribution in [-0.4, -0.2) is 37.6 Å². The zero-order valence-corrected chi connectivity index (χ0v) is 12.6. The third-order valence-electron chi connectivity index (χ3n) is 3.07. The molecule has 1 rings (SSSR count). The largest absolute Gasteiger partial charge is 0.435 e. The van der Waals surface area contributed by atoms with Crippen molar-refractivity contribution < 1.29 is 18.3 Å². The quantitative estimate of drug-likeness (QED) is 0.802. The van der Waals surface area contributed by atoms with Crippen LogP contribution in [0.2, 0.25) is 0 Å². The summed E-state index contributed by atoms with van der Waals surface area (Å²) < 4.78 is 28.4. The average Bonchev–Trinajstić information content (AvgIpc) is 2.45. The third kappa shape index (κ3) is 6.08. The zero-order chi connectivity index (χ0) is 15.8. The summed E-state index contributed by atoms with van der Waals surface area (Å²) in [4.78, 5) is 13.8. The summed E-state index contributed by atoms with van der Waals surface area (Å²) >= 11 is 0. The Kier molecular flexibility index (Phi) is 7.08. The van der Waals surface area contributed by atoms with E-state index in [0.29, 0.717) is 13.1 Å². The van der Waals surface area contributed by atoms with Crippen LogP contribution in [0, 0.1) is 5.92 Å². The Morgan fingerprint density at radius 1 is 1.33 bits per heavy atom. The first-order valence-electron chi connectivity index (χ1n) is 6.93. The highest BCUT2D eigenvalue weighted by atomic mass is 19.3. The van der Waals surface area contributed by atoms with Crippen LogP contribution in [0.1, 0.15) is 19.4 Å². The molecule has 1 aromatic carbocycles. The zero-order valence-electron chi connectivity index (χ0n) is 12.6. The minimum atomic E-state index is -2.83. The molecular weight excluding hydrogens is 278 g/mol. The monoisotopic (exact) mass is 300 g/mol. The van der Waals surface area contributed by atoms with Crippen LogP contribution in [0.4, 0.5) is 8.78 Å². The molecule has 1 amide bonds. The molecule has 0 aliphatic carbocycles. The fraction of sp³-hybridized carbons (Fsp3) is 0.533. The van der Waals surface area contributed by atoms with Gasteiger partial charge in [-0.1, -0.05) is 26.0 Å². The van der Waals surface area contributed by atoms with Gasteiger partial charge in [0.15, 0.2) is 0 Å². The summed E-state index contributed by atoms with van der Waals surface area (Å²) in [5.74, 6) is 0.0588. The number of hydrogen-bond acceptors (Lipinski definition) is 3. The lowest BCUT2D eigenvalue weighted by atomic mass is 10.1. The second kappa shape index (κ2) is 8.56. The van der Waals surface area contributed by atoms with Crippen LogP contribution in [0.15, 0.2) is 24.3 Å². The van der Waals surface area contributed by atoms with Crippen LogP contribution in [0.25, 0.3) is 0 Å². The first kappa shape index (κ1) is 17.4. The first-order valence-corrected chi connectivity index (χ1v) is 6.93. The highest BCUT2D eigenvalue weighted by Crippen LogP contribution is 2.16. The van der Waals surface area contributed by atoms with Gasteiger partial charge in [-0.3, -0.25) is 4.79 Å². The number of nitrogens with zero attached hydrogens (tertiary/aromatic N) is 1. The average molecular weight is 300 g/mol. The van der Waals surface area contributed by atoms with Crippen molar-refractivity contribution in [3.05, 3.63) is 29.8 Å². The third-order valence-corrected chi connectivity index (χ3v) is 3.07. The molecule has 1 atom stereocenters. The van der Waals surface area contributed by atoms with E-state index >= 15 is 0 Å². The van der Waals surface area contributed by atoms with Crippen LogP contribution in [0.3, 0.4) is 0 Å². The fourth-order valence-electron chi connectivity index (χ4n) is 1.95. The minimum Gasteiger partial charge on any atom is -0.435 e. The molecule has 1 unspecified atom stereocenters. The number of hydrogen-bond donors (Lipinski definition) is 1. The molecule has 6 heteroatoms. The molecule has 0 aromatic heterocycles. The van der Waals surface area contributed by atoms with E-state index in [1.54, 1.807) is 24.1 Å². The van der Waals surface area contributed by atoms with E-state index in [0.717, 1.165) is 12.1 Å². The van der Waals surface area contributed by atoms with E-state index in [4.69, 9.17) is 0 Å². The van der Waals surface area contributed by atoms with Crippen molar-refractivity contribution in [2.75, 3.05) is 20.1 Å². The van der Waals surface area contributed by atoms with E-state index in [2.05, 4.69) is 10.1 Å². The van der Waals surface area contributed by atoms with Crippen molar-refractivity contribution in [3.63, 3.8) is 0 Å². The highest BCUT2D eigenvalue weighted by molar-refractivity contribution is 5.78. The molecule has 0 bridgehead atoms. The molecule has 0 aliphatic rings. The van der Waals surface area contributed by atoms with E-state index in [9.17, 15) is 13.6 Å². The lowest BCUT2D eigenvalue weighted by molar-refractivity contribution is -0.134. The summed E-state index contributed by atoms with van der Waals surface area (Å²) in [5, 5.41) is 3.14. The standard InChI is InChI=1S/C15H22F2N2O2/c1-4-18-9-11(2)14(20)19(3)10-12-5-7-13(8-6-12)21-15(16)17/h5-8,11,15,18H,4,9-10H2,1-3H3. The maximum Gasteiger partial charge on any atom is 0.387 e. The van der Waals surface area contributed by atoms with Crippen molar-refractivity contribution >= 4 is 5.91 Å². The van der Waals surface area contributed by atoms with E-state index in [1.165, 1.54) is 12.1 Å². The second-order valence-corrected chi connectivity index (χ2v) is 4.93. The van der Waals surface area contributed by atoms with Crippen molar-refractivity contribution in [2.45, 2.75) is 27.0 Å². The normalized spacial score (nSPS) is 12.3. The molecule has 0 saturated carbocycles. The molecule has 0 radical (unpaired) electrons. The van der Waals surface area contributed by atoms with Crippen molar-refractivity contribution in [1.29, 1.82) is 0 Å². The molecule has 21 heavy (non-hydrogen) atoms. The van der Waals surface area contributed by atoms with Gasteiger partial charge >= 0.3 is 6.61 Å². The molecule has 0 heterocycles. The van der Waals surface area contributed by atoms with Crippen LogP contribution in [0.5, 0.6) is 5.75 Å². The van der Waals surface area contributed by atoms with Gasteiger partial charge in [-0.2, -0.15) is 8.78 Å². The Hall–Kier alpha value is -1.69. The number of nitrogens with one attached hydrogen (secondary N) is 1. The summed E-state index contributed by atoms with van der Waals surface area (Å²) in [7, 11) is 1.73. The summed E-state index contributed by atoms with van der Waals surface area (Å²) in [6, 6.07) is 6.30. The van der Waals surface area contributed by atoms with Crippen molar-refractivity contribution in [1.82, 2.24) is 10.2 Å². The Bertz CT molecular complexity index is 438. The summed E-state index contributed by atoms with van der Waals surface area (Å²) in [6.07, 6.45) is 0. The lowest BCUT2D eigenvalue weighted by Crippen LogP contribution is -2.36. The van der Waals surface area contributed by atoms with Crippen LogP contribution >= 0.6 is 0 Å². The molecule has 118 valence electrons. The molecule has 0 saturated heterocycles. The van der Waals surface area contributed by atoms with Gasteiger partial charge in [0, 0.05) is 26.1 Å². The fourth-order valence-corrected chi connectivity index (χ4v) is 1.95. The van der Waals surface area contributed by atoms with Crippen LogP contribution < -0.4 is 10.1 Å². The van der Waals surface area contributed by atoms with Gasteiger partial charge in [0.25, 0.3) is 0 Å². The summed E-state index contributed by atoms with van der Waals surface area (Å²) in [5.41, 5.74) is 0.864. The lowest BCUT2D eigenvalue weighted by Gasteiger charge is -2.21. The van der Waals surface area contributed by atoms with Gasteiger partial charge in [-0.15, -0.1) is 0 Å². The molecule has 4 nitrogen and oxygen atoms in total. The minimum absolute atomic E-state index is 0.0452. The van der Waals surface area contributed by atoms with Gasteiger partial charge in [-0.05, 0) is 24.2 Å². The molecule has 0 aliphatic heterocycles. The predicted molar refractivity (Wildman–Crippen MR) is 77.3 cm³/mol. The number of ether oxygens (including phenoxy) is 1. The maximum atomic E-state index is 12.1. The molecule has 1 aromatic rings. The van der Waals surface area contributed by atoms with E-state index < -0.39 is 6.61 Å². The number of halogens is 2. The van der Waals surface area contributed by atoms with Gasteiger partial charge in [0.1, 0.15) is 5.75 Å². The molecule has 1 N–H and O–H groups in total. The number of carbonyl (C=O) groups excluding carboxylic acids is 1. The molecule has 0 fully saturated rings. The van der Waals surface area contributed by atoms with E-state index in [1.807, 2.05) is 13.8 Å². The Balaban J connectivity index is 2.53. The Labute approximate surface area is 124 Å². The Morgan fingerprint density at radius 2 is 1.95 bits per heavy atom. The van der Waals surface area contributed by atoms with Crippen LogP contribution in [-0.2, 0) is 11.3 Å². The highest BCUT2D eigenvalue weighted by Gasteiger charge is 2.17. The summed E-state index contributed by atoms with van der Waals surface area (Å²) in [6.45, 7) is 2.94. The van der Waals surface area contributed by atoms with Crippen molar-refractivity contribution in [3.8, 4) is 5.75 Å². The van der Waals surface area contributed by atoms with Gasteiger partial charge in [0.05, 0.1) is 0 Å². The predicted octanol–water partition coefficient (Wildman–Crippen LogP) is 2.49. The second-order valence-electron chi connectivity index (χ2n) is 4.93. The number of carbonyl (C=O) groups is 1. The topological polar surface area (TPSA) is 41.6 Å². The molecular formula is C15H22F2N2O2. The van der Waals surface area contributed by atoms with Crippen molar-refractivity contribution in [2.24, 2.45) is 5.92 Å². The number of benzene rings is 1. The Morgan fingerprint density at radius 3 is 2.48 bits per heavy atom. The SMILES string of the molecule is CCNCC(C)C(=O)N(C)Cc1ccc(OC(F)F)cc1. The number of amides is 1. The van der Waals surface area contributed by atoms with Gasteiger partial charge in [-0.25, -0.2) is 0 Å². The van der Waals surface area contributed by atoms with Gasteiger partial charge < -0.3 is 15.0 Å². The van der Waals surface area contributed by atoms with E-state index in [-0.39, 0.29) is 17.6 Å². The molecule has 0 spiro atoms. The smallest absolute Gasteiger partial charge is 0.387 e. The first-order chi connectivity index (χ1) is 9.93.